The van der Waals surface area contributed by atoms with Crippen molar-refractivity contribution in [1.29, 1.82) is 0 Å². The lowest BCUT2D eigenvalue weighted by Crippen LogP contribution is -2.42. The molecule has 0 amide bonds. The van der Waals surface area contributed by atoms with Crippen LogP contribution in [-0.2, 0) is 0 Å². The first-order chi connectivity index (χ1) is 9.79. The number of allylic oxidation sites excluding steroid dienone is 2. The fourth-order valence-corrected chi connectivity index (χ4v) is 3.63. The zero-order valence-corrected chi connectivity index (χ0v) is 17.5. The molecule has 0 heterocycles. The second-order valence-corrected chi connectivity index (χ2v) is 9.89. The monoisotopic (exact) mass is 308 g/mol. The third-order valence-electron chi connectivity index (χ3n) is 6.47. The molecule has 0 aliphatic rings. The lowest BCUT2D eigenvalue weighted by molar-refractivity contribution is 0.0175. The van der Waals surface area contributed by atoms with Crippen LogP contribution < -0.4 is 0 Å². The van der Waals surface area contributed by atoms with Gasteiger partial charge in [0.1, 0.15) is 0 Å². The van der Waals surface area contributed by atoms with Crippen molar-refractivity contribution in [2.75, 3.05) is 0 Å². The van der Waals surface area contributed by atoms with Gasteiger partial charge < -0.3 is 0 Å². The molecule has 0 N–H and O–H groups in total. The van der Waals surface area contributed by atoms with E-state index in [9.17, 15) is 0 Å². The van der Waals surface area contributed by atoms with Gasteiger partial charge in [0.2, 0.25) is 0 Å². The summed E-state index contributed by atoms with van der Waals surface area (Å²) < 4.78 is 0. The summed E-state index contributed by atoms with van der Waals surface area (Å²) in [6, 6.07) is 0. The second kappa shape index (κ2) is 8.02. The highest BCUT2D eigenvalue weighted by Crippen LogP contribution is 2.52. The highest BCUT2D eigenvalue weighted by Gasteiger charge is 2.44. The van der Waals surface area contributed by atoms with Gasteiger partial charge in [0.25, 0.3) is 0 Å². The van der Waals surface area contributed by atoms with Crippen molar-refractivity contribution in [3.05, 3.63) is 12.2 Å². The largest absolute Gasteiger partial charge is 0.0874 e. The van der Waals surface area contributed by atoms with Crippen LogP contribution in [-0.4, -0.2) is 0 Å². The van der Waals surface area contributed by atoms with Crippen LogP contribution >= 0.6 is 0 Å². The van der Waals surface area contributed by atoms with Crippen molar-refractivity contribution in [2.24, 2.45) is 34.0 Å². The molecule has 0 saturated carbocycles. The van der Waals surface area contributed by atoms with E-state index in [-0.39, 0.29) is 5.41 Å². The van der Waals surface area contributed by atoms with Gasteiger partial charge in [-0.3, -0.25) is 0 Å². The standard InChI is InChI=1S/C22H44/c1-12-20(7,8)14-13-15-21(9,10)22(11,16-17(2)3)19(6)18(4)5/h13,15,17-19H,12,14,16H2,1-11H3. The zero-order chi connectivity index (χ0) is 17.8. The Hall–Kier alpha value is -0.260. The summed E-state index contributed by atoms with van der Waals surface area (Å²) >= 11 is 0. The van der Waals surface area contributed by atoms with Gasteiger partial charge in [-0.25, -0.2) is 0 Å². The second-order valence-electron chi connectivity index (χ2n) is 9.89. The van der Waals surface area contributed by atoms with Gasteiger partial charge in [0, 0.05) is 0 Å². The molecule has 2 atom stereocenters. The van der Waals surface area contributed by atoms with Gasteiger partial charge in [-0.1, -0.05) is 94.7 Å². The lowest BCUT2D eigenvalue weighted by atomic mass is 9.55. The summed E-state index contributed by atoms with van der Waals surface area (Å²) in [4.78, 5) is 0. The minimum absolute atomic E-state index is 0.227. The summed E-state index contributed by atoms with van der Waals surface area (Å²) in [6.45, 7) is 26.4. The van der Waals surface area contributed by atoms with Crippen molar-refractivity contribution in [3.8, 4) is 0 Å². The van der Waals surface area contributed by atoms with Crippen molar-refractivity contribution in [2.45, 2.75) is 95.4 Å². The van der Waals surface area contributed by atoms with Gasteiger partial charge in [0.05, 0.1) is 0 Å². The maximum atomic E-state index is 2.52. The minimum atomic E-state index is 0.227. The maximum Gasteiger partial charge on any atom is -0.0118 e. The molecular weight excluding hydrogens is 264 g/mol. The molecule has 132 valence electrons. The van der Waals surface area contributed by atoms with Crippen LogP contribution in [0.4, 0.5) is 0 Å². The highest BCUT2D eigenvalue weighted by molar-refractivity contribution is 5.07. The van der Waals surface area contributed by atoms with E-state index in [0.717, 1.165) is 11.8 Å². The van der Waals surface area contributed by atoms with Crippen molar-refractivity contribution in [1.82, 2.24) is 0 Å². The third-order valence-corrected chi connectivity index (χ3v) is 6.47. The Kier molecular flexibility index (Phi) is 7.93. The van der Waals surface area contributed by atoms with E-state index in [1.807, 2.05) is 0 Å². The molecular formula is C22H44. The molecule has 0 nitrogen and oxygen atoms in total. The van der Waals surface area contributed by atoms with E-state index in [1.54, 1.807) is 0 Å². The van der Waals surface area contributed by atoms with Gasteiger partial charge in [-0.15, -0.1) is 0 Å². The zero-order valence-electron chi connectivity index (χ0n) is 17.5. The Labute approximate surface area is 142 Å². The molecule has 0 spiro atoms. The molecule has 0 radical (unpaired) electrons. The number of rotatable bonds is 9. The van der Waals surface area contributed by atoms with Crippen LogP contribution in [0.15, 0.2) is 12.2 Å². The Bertz CT molecular complexity index is 343. The van der Waals surface area contributed by atoms with Crippen LogP contribution in [0.1, 0.15) is 95.4 Å². The van der Waals surface area contributed by atoms with Gasteiger partial charge in [0.15, 0.2) is 0 Å². The predicted octanol–water partition coefficient (Wildman–Crippen LogP) is 7.74. The summed E-state index contributed by atoms with van der Waals surface area (Å²) in [5.74, 6) is 2.18. The average Bonchev–Trinajstić information content (AvgIpc) is 2.36. The molecule has 0 heteroatoms. The molecule has 0 bridgehead atoms. The molecule has 0 fully saturated rings. The molecule has 0 aliphatic carbocycles. The van der Waals surface area contributed by atoms with E-state index in [4.69, 9.17) is 0 Å². The topological polar surface area (TPSA) is 0 Å². The fourth-order valence-electron chi connectivity index (χ4n) is 3.63. The first-order valence-corrected chi connectivity index (χ1v) is 9.47. The van der Waals surface area contributed by atoms with Crippen LogP contribution in [0.3, 0.4) is 0 Å². The SMILES string of the molecule is CCC(C)(C)CC=CC(C)(C)C(C)(CC(C)C)C(C)C(C)C. The normalized spacial score (nSPS) is 18.2. The highest BCUT2D eigenvalue weighted by atomic mass is 14.5. The van der Waals surface area contributed by atoms with Gasteiger partial charge >= 0.3 is 0 Å². The Morgan fingerprint density at radius 2 is 1.36 bits per heavy atom. The van der Waals surface area contributed by atoms with Crippen molar-refractivity contribution >= 4 is 0 Å². The Morgan fingerprint density at radius 3 is 1.73 bits per heavy atom. The van der Waals surface area contributed by atoms with Gasteiger partial charge in [-0.2, -0.15) is 0 Å². The number of hydrogen-bond donors (Lipinski definition) is 0. The summed E-state index contributed by atoms with van der Waals surface area (Å²) in [5.41, 5.74) is 0.984. The van der Waals surface area contributed by atoms with Crippen LogP contribution in [0.25, 0.3) is 0 Å². The lowest BCUT2D eigenvalue weighted by Gasteiger charge is -2.50. The molecule has 0 aliphatic heterocycles. The number of hydrogen-bond acceptors (Lipinski definition) is 0. The molecule has 0 aromatic carbocycles. The van der Waals surface area contributed by atoms with Gasteiger partial charge in [-0.05, 0) is 46.8 Å². The van der Waals surface area contributed by atoms with Crippen LogP contribution in [0.2, 0.25) is 0 Å². The summed E-state index contributed by atoms with van der Waals surface area (Å²) in [6.07, 6.45) is 8.69. The maximum absolute atomic E-state index is 2.52. The smallest absolute Gasteiger partial charge is 0.0118 e. The predicted molar refractivity (Wildman–Crippen MR) is 103 cm³/mol. The Morgan fingerprint density at radius 1 is 0.864 bits per heavy atom. The minimum Gasteiger partial charge on any atom is -0.0874 e. The first kappa shape index (κ1) is 21.7. The van der Waals surface area contributed by atoms with Crippen molar-refractivity contribution in [3.63, 3.8) is 0 Å². The Balaban J connectivity index is 5.39. The summed E-state index contributed by atoms with van der Waals surface area (Å²) in [5, 5.41) is 0. The van der Waals surface area contributed by atoms with Crippen molar-refractivity contribution < 1.29 is 0 Å². The molecule has 0 aromatic heterocycles. The quantitative estimate of drug-likeness (QED) is 0.382. The van der Waals surface area contributed by atoms with Crippen LogP contribution in [0, 0.1) is 34.0 Å². The third kappa shape index (κ3) is 5.74. The first-order valence-electron chi connectivity index (χ1n) is 9.47. The molecule has 0 saturated heterocycles. The van der Waals surface area contributed by atoms with E-state index in [0.29, 0.717) is 16.7 Å². The summed E-state index contributed by atoms with van der Waals surface area (Å²) in [7, 11) is 0. The van der Waals surface area contributed by atoms with E-state index < -0.39 is 0 Å². The average molecular weight is 309 g/mol. The molecule has 2 unspecified atom stereocenters. The van der Waals surface area contributed by atoms with E-state index in [1.165, 1.54) is 19.3 Å². The molecule has 0 rings (SSSR count). The fraction of sp³-hybridized carbons (Fsp3) is 0.909. The molecule has 22 heavy (non-hydrogen) atoms. The van der Waals surface area contributed by atoms with Crippen LogP contribution in [0.5, 0.6) is 0 Å². The van der Waals surface area contributed by atoms with E-state index in [2.05, 4.69) is 88.3 Å². The molecule has 0 aromatic rings. The van der Waals surface area contributed by atoms with E-state index >= 15 is 0 Å².